The van der Waals surface area contributed by atoms with Gasteiger partial charge in [-0.1, -0.05) is 34.1 Å². The van der Waals surface area contributed by atoms with E-state index in [4.69, 9.17) is 0 Å². The average Bonchev–Trinajstić information content (AvgIpc) is 2.84. The van der Waals surface area contributed by atoms with E-state index in [-0.39, 0.29) is 5.91 Å². The molecule has 2 aromatic carbocycles. The van der Waals surface area contributed by atoms with E-state index in [2.05, 4.69) is 42.2 Å². The molecule has 0 bridgehead atoms. The van der Waals surface area contributed by atoms with Gasteiger partial charge in [0.1, 0.15) is 5.69 Å². The Balaban J connectivity index is 1.91. The molecule has 3 nitrogen and oxygen atoms in total. The summed E-state index contributed by atoms with van der Waals surface area (Å²) in [5, 5.41) is 3.88. The van der Waals surface area contributed by atoms with E-state index >= 15 is 0 Å². The second-order valence-electron chi connectivity index (χ2n) is 4.35. The molecule has 3 rings (SSSR count). The zero-order valence-corrected chi connectivity index (χ0v) is 13.5. The Kier molecular flexibility index (Phi) is 3.63. The molecular formula is C15H10Br2N2O. The first kappa shape index (κ1) is 13.4. The number of carbonyl (C=O) groups is 1. The zero-order valence-electron chi connectivity index (χ0n) is 10.3. The molecule has 0 saturated carbocycles. The lowest BCUT2D eigenvalue weighted by Crippen LogP contribution is -2.12. The number of halogens is 2. The van der Waals surface area contributed by atoms with Crippen molar-refractivity contribution in [2.75, 3.05) is 5.32 Å². The quantitative estimate of drug-likeness (QED) is 0.635. The van der Waals surface area contributed by atoms with Crippen molar-refractivity contribution in [3.8, 4) is 0 Å². The van der Waals surface area contributed by atoms with Crippen LogP contribution in [0.5, 0.6) is 0 Å². The van der Waals surface area contributed by atoms with Gasteiger partial charge in [0.25, 0.3) is 5.91 Å². The lowest BCUT2D eigenvalue weighted by atomic mass is 10.2. The van der Waals surface area contributed by atoms with Crippen LogP contribution < -0.4 is 5.32 Å². The van der Waals surface area contributed by atoms with Gasteiger partial charge in [0.2, 0.25) is 0 Å². The summed E-state index contributed by atoms with van der Waals surface area (Å²) < 4.78 is 1.83. The van der Waals surface area contributed by atoms with E-state index in [1.807, 2.05) is 48.5 Å². The van der Waals surface area contributed by atoms with Gasteiger partial charge in [0.05, 0.1) is 5.69 Å². The number of nitrogens with one attached hydrogen (secondary N) is 2. The van der Waals surface area contributed by atoms with Crippen molar-refractivity contribution in [3.63, 3.8) is 0 Å². The fourth-order valence-corrected chi connectivity index (χ4v) is 2.72. The normalized spacial score (nSPS) is 10.7. The Morgan fingerprint density at radius 2 is 1.85 bits per heavy atom. The number of aromatic amines is 1. The van der Waals surface area contributed by atoms with Gasteiger partial charge >= 0.3 is 0 Å². The van der Waals surface area contributed by atoms with E-state index in [0.29, 0.717) is 5.69 Å². The number of amides is 1. The van der Waals surface area contributed by atoms with Crippen LogP contribution in [0.4, 0.5) is 5.69 Å². The number of anilines is 1. The number of rotatable bonds is 2. The van der Waals surface area contributed by atoms with Crippen molar-refractivity contribution in [3.05, 3.63) is 63.2 Å². The highest BCUT2D eigenvalue weighted by Crippen LogP contribution is 2.23. The van der Waals surface area contributed by atoms with Crippen LogP contribution in [0.25, 0.3) is 10.9 Å². The first-order valence-electron chi connectivity index (χ1n) is 5.97. The maximum Gasteiger partial charge on any atom is 0.272 e. The molecule has 3 aromatic rings. The molecule has 0 saturated heterocycles. The van der Waals surface area contributed by atoms with Crippen LogP contribution in [-0.2, 0) is 0 Å². The van der Waals surface area contributed by atoms with Crippen molar-refractivity contribution < 1.29 is 4.79 Å². The molecule has 1 amide bonds. The lowest BCUT2D eigenvalue weighted by molar-refractivity contribution is 0.102. The number of hydrogen-bond donors (Lipinski definition) is 2. The summed E-state index contributed by atoms with van der Waals surface area (Å²) in [6.07, 6.45) is 0. The fourth-order valence-electron chi connectivity index (χ4n) is 1.97. The molecule has 0 aliphatic heterocycles. The first-order chi connectivity index (χ1) is 9.63. The molecule has 0 atom stereocenters. The van der Waals surface area contributed by atoms with Crippen molar-refractivity contribution in [1.82, 2.24) is 4.98 Å². The van der Waals surface area contributed by atoms with E-state index in [9.17, 15) is 4.79 Å². The molecule has 0 unspecified atom stereocenters. The molecule has 1 heterocycles. The van der Waals surface area contributed by atoms with Crippen molar-refractivity contribution >= 4 is 54.4 Å². The highest BCUT2D eigenvalue weighted by molar-refractivity contribution is 9.10. The number of hydrogen-bond acceptors (Lipinski definition) is 1. The average molecular weight is 394 g/mol. The zero-order chi connectivity index (χ0) is 14.1. The Morgan fingerprint density at radius 3 is 2.65 bits per heavy atom. The third kappa shape index (κ3) is 2.64. The maximum absolute atomic E-state index is 12.2. The van der Waals surface area contributed by atoms with Crippen LogP contribution in [0.2, 0.25) is 0 Å². The largest absolute Gasteiger partial charge is 0.350 e. The van der Waals surface area contributed by atoms with Crippen LogP contribution in [0.15, 0.2) is 57.5 Å². The minimum absolute atomic E-state index is 0.163. The summed E-state index contributed by atoms with van der Waals surface area (Å²) in [5.74, 6) is -0.163. The number of aromatic nitrogens is 1. The first-order valence-corrected chi connectivity index (χ1v) is 7.56. The third-order valence-corrected chi connectivity index (χ3v) is 4.14. The monoisotopic (exact) mass is 392 g/mol. The molecule has 2 N–H and O–H groups in total. The molecule has 1 aromatic heterocycles. The number of carbonyl (C=O) groups excluding carboxylic acids is 1. The van der Waals surface area contributed by atoms with Gasteiger partial charge < -0.3 is 10.3 Å². The van der Waals surface area contributed by atoms with E-state index in [1.54, 1.807) is 0 Å². The third-order valence-electron chi connectivity index (χ3n) is 2.95. The fraction of sp³-hybridized carbons (Fsp3) is 0. The summed E-state index contributed by atoms with van der Waals surface area (Å²) in [5.41, 5.74) is 2.21. The van der Waals surface area contributed by atoms with Crippen LogP contribution in [0.1, 0.15) is 10.5 Å². The van der Waals surface area contributed by atoms with Gasteiger partial charge in [0, 0.05) is 19.8 Å². The van der Waals surface area contributed by atoms with Gasteiger partial charge in [-0.3, -0.25) is 4.79 Å². The van der Waals surface area contributed by atoms with Crippen molar-refractivity contribution in [1.29, 1.82) is 0 Å². The standard InChI is InChI=1S/C15H10Br2N2O/c16-10-6-5-9-7-14(18-13(9)8-10)15(20)19-12-4-2-1-3-11(12)17/h1-8,18H,(H,19,20). The second kappa shape index (κ2) is 5.42. The van der Waals surface area contributed by atoms with E-state index in [0.717, 1.165) is 25.5 Å². The molecule has 0 spiro atoms. The summed E-state index contributed by atoms with van der Waals surface area (Å²) in [6, 6.07) is 15.2. The predicted octanol–water partition coefficient (Wildman–Crippen LogP) is 4.95. The SMILES string of the molecule is O=C(Nc1ccccc1Br)c1cc2ccc(Br)cc2[nH]1. The molecular weight excluding hydrogens is 384 g/mol. The minimum atomic E-state index is -0.163. The Morgan fingerprint density at radius 1 is 1.05 bits per heavy atom. The van der Waals surface area contributed by atoms with Gasteiger partial charge in [0.15, 0.2) is 0 Å². The minimum Gasteiger partial charge on any atom is -0.350 e. The number of H-pyrrole nitrogens is 1. The van der Waals surface area contributed by atoms with Crippen LogP contribution in [0.3, 0.4) is 0 Å². The summed E-state index contributed by atoms with van der Waals surface area (Å²) >= 11 is 6.83. The molecule has 0 aliphatic carbocycles. The lowest BCUT2D eigenvalue weighted by Gasteiger charge is -2.05. The van der Waals surface area contributed by atoms with Crippen molar-refractivity contribution in [2.45, 2.75) is 0 Å². The van der Waals surface area contributed by atoms with Gasteiger partial charge in [-0.2, -0.15) is 0 Å². The smallest absolute Gasteiger partial charge is 0.272 e. The Labute approximate surface area is 132 Å². The highest BCUT2D eigenvalue weighted by Gasteiger charge is 2.11. The van der Waals surface area contributed by atoms with Gasteiger partial charge in [-0.25, -0.2) is 0 Å². The van der Waals surface area contributed by atoms with E-state index < -0.39 is 0 Å². The molecule has 5 heteroatoms. The second-order valence-corrected chi connectivity index (χ2v) is 6.12. The number of fused-ring (bicyclic) bond motifs is 1. The molecule has 0 radical (unpaired) electrons. The molecule has 0 fully saturated rings. The van der Waals surface area contributed by atoms with Gasteiger partial charge in [-0.05, 0) is 46.3 Å². The highest BCUT2D eigenvalue weighted by atomic mass is 79.9. The Hall–Kier alpha value is -1.59. The van der Waals surface area contributed by atoms with Crippen LogP contribution in [0, 0.1) is 0 Å². The number of para-hydroxylation sites is 1. The number of benzene rings is 2. The molecule has 100 valence electrons. The summed E-state index contributed by atoms with van der Waals surface area (Å²) in [7, 11) is 0. The summed E-state index contributed by atoms with van der Waals surface area (Å²) in [6.45, 7) is 0. The van der Waals surface area contributed by atoms with Crippen molar-refractivity contribution in [2.24, 2.45) is 0 Å². The molecule has 0 aliphatic rings. The Bertz CT molecular complexity index is 795. The van der Waals surface area contributed by atoms with Gasteiger partial charge in [-0.15, -0.1) is 0 Å². The predicted molar refractivity (Wildman–Crippen MR) is 88.1 cm³/mol. The van der Waals surface area contributed by atoms with Crippen LogP contribution >= 0.6 is 31.9 Å². The molecule has 20 heavy (non-hydrogen) atoms. The topological polar surface area (TPSA) is 44.9 Å². The summed E-state index contributed by atoms with van der Waals surface area (Å²) in [4.78, 5) is 15.4. The van der Waals surface area contributed by atoms with E-state index in [1.165, 1.54) is 0 Å². The van der Waals surface area contributed by atoms with Crippen LogP contribution in [-0.4, -0.2) is 10.9 Å². The maximum atomic E-state index is 12.2.